The lowest BCUT2D eigenvalue weighted by Gasteiger charge is -2.19. The molecule has 1 aromatic rings. The second kappa shape index (κ2) is 4.57. The molecule has 1 heterocycles. The molecule has 1 aliphatic rings. The van der Waals surface area contributed by atoms with E-state index in [9.17, 15) is 13.6 Å². The van der Waals surface area contributed by atoms with Crippen molar-refractivity contribution in [2.45, 2.75) is 19.3 Å². The molecule has 4 nitrogen and oxygen atoms in total. The number of hydrogen-bond acceptors (Lipinski definition) is 3. The molecular formula is C11H13F2N3O. The Balaban J connectivity index is 2.23. The zero-order chi connectivity index (χ0) is 12.4. The molecule has 0 unspecified atom stereocenters. The molecule has 4 N–H and O–H groups in total. The summed E-state index contributed by atoms with van der Waals surface area (Å²) in [5.41, 5.74) is 8.17. The molecule has 2 rings (SSSR count). The Morgan fingerprint density at radius 3 is 2.88 bits per heavy atom. The Morgan fingerprint density at radius 1 is 1.41 bits per heavy atom. The van der Waals surface area contributed by atoms with Crippen molar-refractivity contribution in [3.63, 3.8) is 0 Å². The van der Waals surface area contributed by atoms with Gasteiger partial charge in [-0.15, -0.1) is 0 Å². The Kier molecular flexibility index (Phi) is 3.12. The summed E-state index contributed by atoms with van der Waals surface area (Å²) in [7, 11) is 0. The van der Waals surface area contributed by atoms with Crippen molar-refractivity contribution in [1.29, 1.82) is 0 Å². The van der Waals surface area contributed by atoms with Crippen LogP contribution in [0.4, 0.5) is 25.8 Å². The average Bonchev–Trinajstić information content (AvgIpc) is 2.26. The summed E-state index contributed by atoms with van der Waals surface area (Å²) in [5.74, 6) is -0.0675. The van der Waals surface area contributed by atoms with Crippen molar-refractivity contribution in [2.24, 2.45) is 0 Å². The fourth-order valence-electron chi connectivity index (χ4n) is 1.79. The normalized spacial score (nSPS) is 14.4. The van der Waals surface area contributed by atoms with E-state index in [2.05, 4.69) is 10.6 Å². The Bertz CT molecular complexity index is 449. The molecule has 0 spiro atoms. The molecule has 0 saturated heterocycles. The fraction of sp³-hybridized carbons (Fsp3) is 0.364. The van der Waals surface area contributed by atoms with Crippen LogP contribution < -0.4 is 16.4 Å². The third-order valence-electron chi connectivity index (χ3n) is 2.62. The number of rotatable bonds is 3. The van der Waals surface area contributed by atoms with Gasteiger partial charge in [0.1, 0.15) is 0 Å². The molecule has 0 fully saturated rings. The molecule has 6 heteroatoms. The van der Waals surface area contributed by atoms with Gasteiger partial charge in [-0.2, -0.15) is 0 Å². The lowest BCUT2D eigenvalue weighted by Crippen LogP contribution is -2.20. The van der Waals surface area contributed by atoms with Gasteiger partial charge in [0.05, 0.1) is 17.9 Å². The van der Waals surface area contributed by atoms with Crippen molar-refractivity contribution in [2.75, 3.05) is 22.9 Å². The number of halogens is 2. The molecule has 0 aromatic heterocycles. The molecule has 1 aromatic carbocycles. The number of amides is 1. The molecule has 1 amide bonds. The summed E-state index contributed by atoms with van der Waals surface area (Å²) in [6.07, 6.45) is -1.39. The van der Waals surface area contributed by atoms with Gasteiger partial charge in [-0.25, -0.2) is 8.78 Å². The van der Waals surface area contributed by atoms with Crippen molar-refractivity contribution >= 4 is 23.0 Å². The third-order valence-corrected chi connectivity index (χ3v) is 2.62. The van der Waals surface area contributed by atoms with Gasteiger partial charge in [-0.1, -0.05) is 0 Å². The number of alkyl halides is 2. The van der Waals surface area contributed by atoms with E-state index in [1.165, 1.54) is 0 Å². The van der Waals surface area contributed by atoms with E-state index in [1.54, 1.807) is 12.1 Å². The quantitative estimate of drug-likeness (QED) is 0.707. The number of hydrogen-bond donors (Lipinski definition) is 3. The maximum absolute atomic E-state index is 12.1. The van der Waals surface area contributed by atoms with Crippen LogP contribution in [0, 0.1) is 0 Å². The average molecular weight is 241 g/mol. The second-order valence-electron chi connectivity index (χ2n) is 3.92. The van der Waals surface area contributed by atoms with Gasteiger partial charge in [0.15, 0.2) is 0 Å². The maximum atomic E-state index is 12.1. The van der Waals surface area contributed by atoms with Crippen LogP contribution in [0.2, 0.25) is 0 Å². The number of fused-ring (bicyclic) bond motifs is 1. The van der Waals surface area contributed by atoms with Crippen LogP contribution in [0.5, 0.6) is 0 Å². The Morgan fingerprint density at radius 2 is 2.18 bits per heavy atom. The number of benzene rings is 1. The summed E-state index contributed by atoms with van der Waals surface area (Å²) in [4.78, 5) is 11.2. The van der Waals surface area contributed by atoms with Crippen molar-refractivity contribution in [3.05, 3.63) is 17.7 Å². The highest BCUT2D eigenvalue weighted by Gasteiger charge is 2.16. The first kappa shape index (κ1) is 11.6. The van der Waals surface area contributed by atoms with Crippen molar-refractivity contribution in [3.8, 4) is 0 Å². The standard InChI is InChI=1S/C11H13F2N3O/c12-10(13)5-15-9-4-8-6(3-7(9)14)1-2-11(17)16-8/h3-4,10,15H,1-2,5,14H2,(H,16,17). The molecule has 0 bridgehead atoms. The molecular weight excluding hydrogens is 228 g/mol. The molecule has 0 saturated carbocycles. The number of carbonyl (C=O) groups excluding carboxylic acids is 1. The van der Waals surface area contributed by atoms with Crippen LogP contribution in [0.15, 0.2) is 12.1 Å². The van der Waals surface area contributed by atoms with E-state index in [0.29, 0.717) is 29.9 Å². The zero-order valence-corrected chi connectivity index (χ0v) is 9.09. The third kappa shape index (κ3) is 2.64. The first-order chi connectivity index (χ1) is 8.06. The van der Waals surface area contributed by atoms with Crippen LogP contribution >= 0.6 is 0 Å². The lowest BCUT2D eigenvalue weighted by molar-refractivity contribution is -0.116. The van der Waals surface area contributed by atoms with E-state index < -0.39 is 13.0 Å². The molecule has 0 radical (unpaired) electrons. The number of carbonyl (C=O) groups is 1. The van der Waals surface area contributed by atoms with E-state index in [4.69, 9.17) is 5.73 Å². The molecule has 0 atom stereocenters. The number of nitrogens with two attached hydrogens (primary N) is 1. The SMILES string of the molecule is Nc1cc2c(cc1NCC(F)F)NC(=O)CC2. The van der Waals surface area contributed by atoms with Gasteiger partial charge in [-0.3, -0.25) is 4.79 Å². The number of nitrogens with one attached hydrogen (secondary N) is 2. The highest BCUT2D eigenvalue weighted by Crippen LogP contribution is 2.30. The Labute approximate surface area is 97.2 Å². The van der Waals surface area contributed by atoms with Gasteiger partial charge < -0.3 is 16.4 Å². The highest BCUT2D eigenvalue weighted by atomic mass is 19.3. The van der Waals surface area contributed by atoms with Gasteiger partial charge in [0.25, 0.3) is 6.43 Å². The summed E-state index contributed by atoms with van der Waals surface area (Å²) in [6, 6.07) is 3.31. The van der Waals surface area contributed by atoms with Gasteiger partial charge in [0, 0.05) is 12.1 Å². The maximum Gasteiger partial charge on any atom is 0.255 e. The minimum atomic E-state index is -2.44. The van der Waals surface area contributed by atoms with Crippen molar-refractivity contribution < 1.29 is 13.6 Å². The number of anilines is 3. The molecule has 92 valence electrons. The van der Waals surface area contributed by atoms with Crippen LogP contribution in [0.25, 0.3) is 0 Å². The molecule has 1 aliphatic heterocycles. The zero-order valence-electron chi connectivity index (χ0n) is 9.09. The predicted molar refractivity (Wildman–Crippen MR) is 62.3 cm³/mol. The van der Waals surface area contributed by atoms with E-state index in [1.807, 2.05) is 0 Å². The lowest BCUT2D eigenvalue weighted by atomic mass is 10.0. The number of aryl methyl sites for hydroxylation is 1. The van der Waals surface area contributed by atoms with Crippen LogP contribution in [-0.2, 0) is 11.2 Å². The van der Waals surface area contributed by atoms with Gasteiger partial charge >= 0.3 is 0 Å². The van der Waals surface area contributed by atoms with Gasteiger partial charge in [-0.05, 0) is 24.1 Å². The minimum absolute atomic E-state index is 0.0675. The first-order valence-corrected chi connectivity index (χ1v) is 5.30. The van der Waals surface area contributed by atoms with E-state index in [-0.39, 0.29) is 5.91 Å². The molecule has 0 aliphatic carbocycles. The molecule has 17 heavy (non-hydrogen) atoms. The van der Waals surface area contributed by atoms with E-state index >= 15 is 0 Å². The van der Waals surface area contributed by atoms with Crippen LogP contribution in [0.1, 0.15) is 12.0 Å². The summed E-state index contributed by atoms with van der Waals surface area (Å²) in [6.45, 7) is -0.461. The largest absolute Gasteiger partial charge is 0.397 e. The fourth-order valence-corrected chi connectivity index (χ4v) is 1.79. The highest BCUT2D eigenvalue weighted by molar-refractivity contribution is 5.95. The van der Waals surface area contributed by atoms with Crippen molar-refractivity contribution in [1.82, 2.24) is 0 Å². The van der Waals surface area contributed by atoms with Crippen LogP contribution in [0.3, 0.4) is 0 Å². The van der Waals surface area contributed by atoms with Gasteiger partial charge in [0.2, 0.25) is 5.91 Å². The smallest absolute Gasteiger partial charge is 0.255 e. The topological polar surface area (TPSA) is 67.2 Å². The van der Waals surface area contributed by atoms with E-state index in [0.717, 1.165) is 5.56 Å². The number of nitrogen functional groups attached to an aromatic ring is 1. The summed E-state index contributed by atoms with van der Waals surface area (Å²) in [5, 5.41) is 5.24. The predicted octanol–water partition coefficient (Wildman–Crippen LogP) is 1.83. The van der Waals surface area contributed by atoms with Crippen LogP contribution in [-0.4, -0.2) is 18.9 Å². The summed E-state index contributed by atoms with van der Waals surface area (Å²) < 4.78 is 24.2. The first-order valence-electron chi connectivity index (χ1n) is 5.30. The Hall–Kier alpha value is -1.85. The minimum Gasteiger partial charge on any atom is -0.397 e. The monoisotopic (exact) mass is 241 g/mol. The summed E-state index contributed by atoms with van der Waals surface area (Å²) >= 11 is 0. The second-order valence-corrected chi connectivity index (χ2v) is 3.92.